The van der Waals surface area contributed by atoms with Crippen LogP contribution in [-0.2, 0) is 0 Å². The molecule has 11 heavy (non-hydrogen) atoms. The third-order valence-electron chi connectivity index (χ3n) is 0. The minimum Gasteiger partial charge on any atom is -0.444 e. The van der Waals surface area contributed by atoms with Crippen molar-refractivity contribution in [1.82, 2.24) is 0 Å². The third kappa shape index (κ3) is 2520. The molecular formula is H2CeN3O7. The summed E-state index contributed by atoms with van der Waals surface area (Å²) in [5, 5.41) is 27.0. The first-order chi connectivity index (χ1) is 4.24. The molecule has 0 aliphatic carbocycles. The maximum absolute atomic E-state index is 8.00. The topological polar surface area (TPSA) is 189 Å². The maximum atomic E-state index is 8.00. The zero-order valence-corrected chi connectivity index (χ0v) is 7.93. The molecule has 0 spiro atoms. The van der Waals surface area contributed by atoms with Gasteiger partial charge in [0.05, 0.1) is 0 Å². The van der Waals surface area contributed by atoms with Crippen molar-refractivity contribution in [3.63, 3.8) is 0 Å². The second-order valence-electron chi connectivity index (χ2n) is 0.224. The molecule has 0 saturated heterocycles. The predicted molar refractivity (Wildman–Crippen MR) is 31.1 cm³/mol. The minimum absolute atomic E-state index is 0. The number of nitrogens with zero attached hydrogens (tertiary/aromatic N) is 3. The van der Waals surface area contributed by atoms with E-state index in [2.05, 4.69) is 0 Å². The van der Waals surface area contributed by atoms with Crippen molar-refractivity contribution in [2.45, 2.75) is 0 Å². The van der Waals surface area contributed by atoms with Crippen molar-refractivity contribution in [3.05, 3.63) is 30.3 Å². The van der Waals surface area contributed by atoms with Gasteiger partial charge in [-0.2, -0.15) is 0 Å². The molecule has 1 radical (unpaired) electrons. The fourth-order valence-corrected chi connectivity index (χ4v) is 0. The standard InChI is InChI=1S/Ce.3HNO2.H2O/c;3*2-1-3;/h;3*(H,2,3);1H2/q+3;;;;/p-3. The SMILES string of the molecule is O.O=N[O-].O=N[O-].O=N[O-].[Ce+3]. The van der Waals surface area contributed by atoms with Crippen LogP contribution in [0.2, 0.25) is 0 Å². The molecule has 0 rings (SSSR count). The van der Waals surface area contributed by atoms with Crippen LogP contribution in [0.4, 0.5) is 0 Å². The quantitative estimate of drug-likeness (QED) is 0.443. The fourth-order valence-electron chi connectivity index (χ4n) is 0. The Kier molecular flexibility index (Phi) is 307. The molecular weight excluding hydrogens is 294 g/mol. The van der Waals surface area contributed by atoms with Crippen LogP contribution < -0.4 is 0 Å². The zero-order valence-electron chi connectivity index (χ0n) is 4.79. The molecule has 11 heteroatoms. The van der Waals surface area contributed by atoms with E-state index >= 15 is 0 Å². The first kappa shape index (κ1) is 31.3. The van der Waals surface area contributed by atoms with Crippen LogP contribution >= 0.6 is 0 Å². The molecule has 0 saturated carbocycles. The second-order valence-corrected chi connectivity index (χ2v) is 0.224. The molecule has 63 valence electrons. The Morgan fingerprint density at radius 2 is 0.727 bits per heavy atom. The summed E-state index contributed by atoms with van der Waals surface area (Å²) in [6.45, 7) is 0. The summed E-state index contributed by atoms with van der Waals surface area (Å²) in [5.74, 6) is 0. The number of rotatable bonds is 0. The van der Waals surface area contributed by atoms with Gasteiger partial charge in [0.1, 0.15) is 0 Å². The van der Waals surface area contributed by atoms with E-state index in [1.807, 2.05) is 0 Å². The molecule has 2 N–H and O–H groups in total. The molecule has 0 aliphatic rings. The molecule has 0 aromatic carbocycles. The molecule has 0 heterocycles. The third-order valence-corrected chi connectivity index (χ3v) is 0. The van der Waals surface area contributed by atoms with Gasteiger partial charge in [0.15, 0.2) is 0 Å². The van der Waals surface area contributed by atoms with Crippen LogP contribution in [0.3, 0.4) is 0 Å². The van der Waals surface area contributed by atoms with Gasteiger partial charge in [-0.3, -0.25) is 0 Å². The smallest absolute Gasteiger partial charge is 0.444 e. The van der Waals surface area contributed by atoms with Crippen LogP contribution in [-0.4, -0.2) is 5.48 Å². The Labute approximate surface area is 93.1 Å². The van der Waals surface area contributed by atoms with Crippen LogP contribution in [0.5, 0.6) is 0 Å². The Morgan fingerprint density at radius 1 is 0.727 bits per heavy atom. The monoisotopic (exact) mass is 296 g/mol. The molecule has 0 amide bonds. The summed E-state index contributed by atoms with van der Waals surface area (Å²) < 4.78 is 0. The summed E-state index contributed by atoms with van der Waals surface area (Å²) in [5.41, 5.74) is 0. The van der Waals surface area contributed by atoms with Gasteiger partial charge in [-0.15, -0.1) is 16.0 Å². The van der Waals surface area contributed by atoms with E-state index < -0.39 is 0 Å². The molecule has 0 bridgehead atoms. The molecule has 0 unspecified atom stereocenters. The molecule has 10 nitrogen and oxygen atoms in total. The van der Waals surface area contributed by atoms with E-state index in [1.54, 1.807) is 0 Å². The second kappa shape index (κ2) is 108. The Morgan fingerprint density at radius 3 is 0.727 bits per heavy atom. The Hall–Kier alpha value is -0.463. The van der Waals surface area contributed by atoms with E-state index in [0.29, 0.717) is 0 Å². The van der Waals surface area contributed by atoms with E-state index in [1.165, 1.54) is 0 Å². The van der Waals surface area contributed by atoms with E-state index in [0.717, 1.165) is 16.0 Å². The van der Waals surface area contributed by atoms with Crippen molar-refractivity contribution in [2.24, 2.45) is 16.0 Å². The van der Waals surface area contributed by atoms with Gasteiger partial charge in [0.25, 0.3) is 0 Å². The van der Waals surface area contributed by atoms with Crippen molar-refractivity contribution in [1.29, 1.82) is 0 Å². The first-order valence-corrected chi connectivity index (χ1v) is 1.10. The van der Waals surface area contributed by atoms with Crippen LogP contribution in [0.1, 0.15) is 0 Å². The van der Waals surface area contributed by atoms with Crippen molar-refractivity contribution >= 4 is 0 Å². The van der Waals surface area contributed by atoms with E-state index in [-0.39, 0.29) is 47.2 Å². The summed E-state index contributed by atoms with van der Waals surface area (Å²) in [7, 11) is 0. The normalized spacial score (nSPS) is 3.27. The van der Waals surface area contributed by atoms with Crippen LogP contribution in [0, 0.1) is 72.1 Å². The average molecular weight is 296 g/mol. The summed E-state index contributed by atoms with van der Waals surface area (Å²) >= 11 is 0. The summed E-state index contributed by atoms with van der Waals surface area (Å²) in [4.78, 5) is 24.0. The Balaban J connectivity index is -0.0000000150. The first-order valence-electron chi connectivity index (χ1n) is 1.10. The average Bonchev–Trinajstić information content (AvgIpc) is 1.70. The van der Waals surface area contributed by atoms with Gasteiger partial charge >= 0.3 is 41.7 Å². The molecule has 0 atom stereocenters. The van der Waals surface area contributed by atoms with Crippen LogP contribution in [0.25, 0.3) is 0 Å². The van der Waals surface area contributed by atoms with Crippen molar-refractivity contribution in [2.75, 3.05) is 0 Å². The minimum atomic E-state index is 0. The summed E-state index contributed by atoms with van der Waals surface area (Å²) in [6, 6.07) is 0. The van der Waals surface area contributed by atoms with Crippen LogP contribution in [0.15, 0.2) is 16.0 Å². The maximum Gasteiger partial charge on any atom is 3.00 e. The zero-order chi connectivity index (χ0) is 8.12. The van der Waals surface area contributed by atoms with Gasteiger partial charge in [-0.05, 0) is 0 Å². The van der Waals surface area contributed by atoms with Gasteiger partial charge in [-0.1, -0.05) is 0 Å². The predicted octanol–water partition coefficient (Wildman–Crippen LogP) is -0.0729. The van der Waals surface area contributed by atoms with Gasteiger partial charge in [0.2, 0.25) is 0 Å². The number of hydrogen-bond acceptors (Lipinski definition) is 9. The van der Waals surface area contributed by atoms with Gasteiger partial charge in [-0.25, -0.2) is 0 Å². The summed E-state index contributed by atoms with van der Waals surface area (Å²) in [6.07, 6.45) is 0. The van der Waals surface area contributed by atoms with Crippen molar-refractivity contribution < 1.29 is 47.2 Å². The van der Waals surface area contributed by atoms with Gasteiger partial charge in [0, 0.05) is 0 Å². The van der Waals surface area contributed by atoms with E-state index in [9.17, 15) is 0 Å². The Bertz CT molecular complexity index is 50.4. The van der Waals surface area contributed by atoms with Gasteiger partial charge < -0.3 is 35.8 Å². The largest absolute Gasteiger partial charge is 3.00 e. The van der Waals surface area contributed by atoms with Crippen molar-refractivity contribution in [3.8, 4) is 0 Å². The van der Waals surface area contributed by atoms with E-state index in [4.69, 9.17) is 30.3 Å². The molecule has 0 fully saturated rings. The molecule has 0 aromatic heterocycles. The molecule has 0 aliphatic heterocycles. The molecule has 0 aromatic rings. The fraction of sp³-hybridized carbons (Fsp3) is 0. The number of hydrogen-bond donors (Lipinski definition) is 0.